The smallest absolute Gasteiger partial charge is 0.162 e. The molecule has 0 radical (unpaired) electrons. The summed E-state index contributed by atoms with van der Waals surface area (Å²) in [5.41, 5.74) is 9.22. The van der Waals surface area contributed by atoms with Crippen LogP contribution < -0.4 is 10.5 Å². The van der Waals surface area contributed by atoms with Crippen LogP contribution in [-0.2, 0) is 13.5 Å². The molecule has 1 aromatic carbocycles. The summed E-state index contributed by atoms with van der Waals surface area (Å²) in [6, 6.07) is 11.0. The van der Waals surface area contributed by atoms with E-state index in [1.807, 2.05) is 36.9 Å². The molecule has 2 N–H and O–H groups in total. The first-order chi connectivity index (χ1) is 15.1. The van der Waals surface area contributed by atoms with Crippen LogP contribution in [-0.4, -0.2) is 31.0 Å². The molecule has 0 fully saturated rings. The highest BCUT2D eigenvalue weighted by molar-refractivity contribution is 5.67. The largest absolute Gasteiger partial charge is 0.456 e. The van der Waals surface area contributed by atoms with Gasteiger partial charge in [-0.3, -0.25) is 0 Å². The van der Waals surface area contributed by atoms with Crippen molar-refractivity contribution in [1.29, 1.82) is 5.26 Å². The second kappa shape index (κ2) is 8.73. The van der Waals surface area contributed by atoms with Gasteiger partial charge in [-0.25, -0.2) is 19.9 Å². The lowest BCUT2D eigenvalue weighted by molar-refractivity contribution is 0.482. The Morgan fingerprint density at radius 1 is 1.13 bits per heavy atom. The van der Waals surface area contributed by atoms with E-state index in [1.54, 1.807) is 36.8 Å². The molecule has 3 heterocycles. The van der Waals surface area contributed by atoms with Crippen molar-refractivity contribution in [3.63, 3.8) is 0 Å². The number of benzene rings is 1. The fourth-order valence-corrected chi connectivity index (χ4v) is 3.20. The lowest BCUT2D eigenvalue weighted by Crippen LogP contribution is -2.04. The van der Waals surface area contributed by atoms with Crippen molar-refractivity contribution in [3.8, 4) is 40.5 Å². The number of nitrogens with two attached hydrogens (primary N) is 1. The molecular weight excluding hydrogens is 390 g/mol. The Balaban J connectivity index is 1.74. The molecule has 31 heavy (non-hydrogen) atoms. The van der Waals surface area contributed by atoms with Crippen molar-refractivity contribution in [2.24, 2.45) is 12.8 Å². The summed E-state index contributed by atoms with van der Waals surface area (Å²) in [4.78, 5) is 17.8. The molecule has 0 unspecified atom stereocenters. The highest BCUT2D eigenvalue weighted by Crippen LogP contribution is 2.34. The minimum absolute atomic E-state index is 0.480. The fraction of sp³-hybridized carbons (Fsp3) is 0.174. The predicted molar refractivity (Wildman–Crippen MR) is 116 cm³/mol. The van der Waals surface area contributed by atoms with Crippen LogP contribution in [0.5, 0.6) is 11.5 Å². The predicted octanol–water partition coefficient (Wildman–Crippen LogP) is 3.41. The molecule has 154 valence electrons. The Morgan fingerprint density at radius 2 is 1.94 bits per heavy atom. The second-order valence-electron chi connectivity index (χ2n) is 7.07. The topological polar surface area (TPSA) is 116 Å². The highest BCUT2D eigenvalue weighted by atomic mass is 16.5. The van der Waals surface area contributed by atoms with Gasteiger partial charge in [0, 0.05) is 49.7 Å². The SMILES string of the molecule is Cc1cc(Oc2cc(C#N)ccc2-c2ncc(CCN)cn2)cc(-c2nccn2C)n1. The molecule has 0 aliphatic rings. The van der Waals surface area contributed by atoms with Gasteiger partial charge in [0.05, 0.1) is 17.2 Å². The Morgan fingerprint density at radius 3 is 2.61 bits per heavy atom. The van der Waals surface area contributed by atoms with E-state index in [1.165, 1.54) is 0 Å². The Hall–Kier alpha value is -4.09. The van der Waals surface area contributed by atoms with Crippen molar-refractivity contribution in [1.82, 2.24) is 24.5 Å². The first-order valence-corrected chi connectivity index (χ1v) is 9.77. The number of aromatic nitrogens is 5. The number of aryl methyl sites for hydroxylation is 2. The van der Waals surface area contributed by atoms with Crippen LogP contribution in [0.3, 0.4) is 0 Å². The molecule has 4 aromatic rings. The van der Waals surface area contributed by atoms with Gasteiger partial charge < -0.3 is 15.0 Å². The molecule has 0 atom stereocenters. The number of ether oxygens (including phenoxy) is 1. The van der Waals surface area contributed by atoms with E-state index in [0.717, 1.165) is 17.1 Å². The number of imidazole rings is 1. The van der Waals surface area contributed by atoms with Crippen molar-refractivity contribution < 1.29 is 4.74 Å². The summed E-state index contributed by atoms with van der Waals surface area (Å²) in [7, 11) is 1.91. The third kappa shape index (κ3) is 4.42. The van der Waals surface area contributed by atoms with Gasteiger partial charge in [-0.1, -0.05) is 0 Å². The molecule has 0 saturated carbocycles. The van der Waals surface area contributed by atoms with Gasteiger partial charge in [0.15, 0.2) is 11.6 Å². The van der Waals surface area contributed by atoms with E-state index in [2.05, 4.69) is 26.0 Å². The normalized spacial score (nSPS) is 10.6. The maximum atomic E-state index is 9.36. The van der Waals surface area contributed by atoms with Crippen LogP contribution in [0.1, 0.15) is 16.8 Å². The van der Waals surface area contributed by atoms with Crippen LogP contribution in [0.4, 0.5) is 0 Å². The maximum absolute atomic E-state index is 9.36. The summed E-state index contributed by atoms with van der Waals surface area (Å²) in [5.74, 6) is 2.32. The maximum Gasteiger partial charge on any atom is 0.162 e. The number of pyridine rings is 1. The zero-order valence-electron chi connectivity index (χ0n) is 17.3. The fourth-order valence-electron chi connectivity index (χ4n) is 3.20. The summed E-state index contributed by atoms with van der Waals surface area (Å²) in [6.45, 7) is 2.43. The van der Waals surface area contributed by atoms with Crippen molar-refractivity contribution in [3.05, 3.63) is 71.9 Å². The zero-order chi connectivity index (χ0) is 21.8. The number of hydrogen-bond donors (Lipinski definition) is 1. The number of hydrogen-bond acceptors (Lipinski definition) is 7. The van der Waals surface area contributed by atoms with Crippen molar-refractivity contribution in [2.45, 2.75) is 13.3 Å². The van der Waals surface area contributed by atoms with Crippen molar-refractivity contribution in [2.75, 3.05) is 6.54 Å². The lowest BCUT2D eigenvalue weighted by Gasteiger charge is -2.13. The number of rotatable bonds is 6. The molecule has 4 rings (SSSR count). The van der Waals surface area contributed by atoms with E-state index in [0.29, 0.717) is 47.1 Å². The summed E-state index contributed by atoms with van der Waals surface area (Å²) >= 11 is 0. The Labute approximate surface area is 180 Å². The molecule has 0 amide bonds. The number of nitrogens with zero attached hydrogens (tertiary/aromatic N) is 6. The lowest BCUT2D eigenvalue weighted by atomic mass is 10.1. The van der Waals surface area contributed by atoms with E-state index in [4.69, 9.17) is 10.5 Å². The minimum Gasteiger partial charge on any atom is -0.456 e. The zero-order valence-corrected chi connectivity index (χ0v) is 17.3. The second-order valence-corrected chi connectivity index (χ2v) is 7.07. The average molecular weight is 411 g/mol. The van der Waals surface area contributed by atoms with Gasteiger partial charge in [-0.05, 0) is 43.7 Å². The standard InChI is InChI=1S/C23H21N7O/c1-15-9-18(11-20(29-15)23-26-7-8-30(23)2)31-21-10-16(12-25)3-4-19(21)22-27-13-17(5-6-24)14-28-22/h3-4,7-11,13-14H,5-6,24H2,1-2H3. The minimum atomic E-state index is 0.480. The molecule has 0 aliphatic carbocycles. The van der Waals surface area contributed by atoms with E-state index in [9.17, 15) is 5.26 Å². The molecule has 8 heteroatoms. The molecule has 0 spiro atoms. The molecule has 0 saturated heterocycles. The van der Waals surface area contributed by atoms with E-state index >= 15 is 0 Å². The first kappa shape index (κ1) is 20.2. The third-order valence-corrected chi connectivity index (χ3v) is 4.69. The third-order valence-electron chi connectivity index (χ3n) is 4.69. The first-order valence-electron chi connectivity index (χ1n) is 9.77. The van der Waals surface area contributed by atoms with Gasteiger partial charge in [0.2, 0.25) is 0 Å². The highest BCUT2D eigenvalue weighted by Gasteiger charge is 2.14. The van der Waals surface area contributed by atoms with Crippen LogP contribution in [0.2, 0.25) is 0 Å². The average Bonchev–Trinajstić information content (AvgIpc) is 3.20. The molecular formula is C23H21N7O. The quantitative estimate of drug-likeness (QED) is 0.517. The van der Waals surface area contributed by atoms with Gasteiger partial charge in [-0.15, -0.1) is 0 Å². The Bertz CT molecular complexity index is 1260. The molecule has 0 aliphatic heterocycles. The van der Waals surface area contributed by atoms with Crippen LogP contribution in [0, 0.1) is 18.3 Å². The summed E-state index contributed by atoms with van der Waals surface area (Å²) in [5, 5.41) is 9.36. The van der Waals surface area contributed by atoms with Crippen LogP contribution >= 0.6 is 0 Å². The van der Waals surface area contributed by atoms with Gasteiger partial charge in [0.1, 0.15) is 17.2 Å². The molecule has 3 aromatic heterocycles. The van der Waals surface area contributed by atoms with Gasteiger partial charge in [-0.2, -0.15) is 5.26 Å². The molecule has 0 bridgehead atoms. The van der Waals surface area contributed by atoms with Crippen LogP contribution in [0.15, 0.2) is 55.1 Å². The van der Waals surface area contributed by atoms with E-state index in [-0.39, 0.29) is 0 Å². The number of nitriles is 1. The van der Waals surface area contributed by atoms with Gasteiger partial charge in [0.25, 0.3) is 0 Å². The van der Waals surface area contributed by atoms with E-state index < -0.39 is 0 Å². The Kier molecular flexibility index (Phi) is 5.69. The summed E-state index contributed by atoms with van der Waals surface area (Å²) < 4.78 is 8.11. The molecule has 8 nitrogen and oxygen atoms in total. The van der Waals surface area contributed by atoms with Crippen LogP contribution in [0.25, 0.3) is 22.9 Å². The van der Waals surface area contributed by atoms with Gasteiger partial charge >= 0.3 is 0 Å². The summed E-state index contributed by atoms with van der Waals surface area (Å²) in [6.07, 6.45) is 7.81. The van der Waals surface area contributed by atoms with Crippen molar-refractivity contribution >= 4 is 0 Å². The monoisotopic (exact) mass is 411 g/mol.